The van der Waals surface area contributed by atoms with Gasteiger partial charge in [-0.3, -0.25) is 4.68 Å². The van der Waals surface area contributed by atoms with Gasteiger partial charge in [-0.2, -0.15) is 5.10 Å². The smallest absolute Gasteiger partial charge is 0.339 e. The lowest BCUT2D eigenvalue weighted by molar-refractivity contribution is 0.0450. The van der Waals surface area contributed by atoms with Gasteiger partial charge in [0.05, 0.1) is 11.3 Å². The first-order valence-electron chi connectivity index (χ1n) is 7.71. The summed E-state index contributed by atoms with van der Waals surface area (Å²) in [5, 5.41) is 5.14. The molecule has 0 radical (unpaired) electrons. The monoisotopic (exact) mass is 325 g/mol. The summed E-state index contributed by atoms with van der Waals surface area (Å²) in [5.74, 6) is 0.378. The minimum Gasteiger partial charge on any atom is -0.490 e. The molecule has 0 amide bonds. The van der Waals surface area contributed by atoms with Crippen LogP contribution in [0.4, 0.5) is 0 Å². The van der Waals surface area contributed by atoms with Gasteiger partial charge in [0, 0.05) is 18.6 Å². The molecule has 2 aromatic heterocycles. The molecule has 6 nitrogen and oxygen atoms in total. The fraction of sp³-hybridized carbons (Fsp3) is 0.278. The Kier molecular flexibility index (Phi) is 4.46. The Morgan fingerprint density at radius 3 is 2.79 bits per heavy atom. The second-order valence-corrected chi connectivity index (χ2v) is 5.55. The topological polar surface area (TPSA) is 66.2 Å². The third kappa shape index (κ3) is 3.22. The molecule has 0 aliphatic rings. The standard InChI is InChI=1S/C18H19N3O3/c1-12-6-4-5-7-16(12)23-8-9-24-18(22)14-10-15-13(2)20-21(3)17(15)19-11-14/h4-7,10-11H,8-9H2,1-3H3. The van der Waals surface area contributed by atoms with Crippen LogP contribution in [0.5, 0.6) is 5.75 Å². The Balaban J connectivity index is 1.59. The van der Waals surface area contributed by atoms with Gasteiger partial charge in [-0.05, 0) is 31.5 Å². The third-order valence-electron chi connectivity index (χ3n) is 3.77. The number of aryl methyl sites for hydroxylation is 3. The summed E-state index contributed by atoms with van der Waals surface area (Å²) in [6, 6.07) is 9.48. The summed E-state index contributed by atoms with van der Waals surface area (Å²) in [5.41, 5.74) is 3.03. The van der Waals surface area contributed by atoms with Gasteiger partial charge < -0.3 is 9.47 Å². The number of ether oxygens (including phenoxy) is 2. The second-order valence-electron chi connectivity index (χ2n) is 5.55. The number of esters is 1. The minimum atomic E-state index is -0.416. The third-order valence-corrected chi connectivity index (χ3v) is 3.77. The summed E-state index contributed by atoms with van der Waals surface area (Å²) >= 11 is 0. The van der Waals surface area contributed by atoms with Crippen LogP contribution in [-0.4, -0.2) is 33.9 Å². The number of rotatable bonds is 5. The molecule has 0 unspecified atom stereocenters. The number of aromatic nitrogens is 3. The lowest BCUT2D eigenvalue weighted by atomic mass is 10.2. The lowest BCUT2D eigenvalue weighted by Crippen LogP contribution is -2.13. The van der Waals surface area contributed by atoms with Crippen molar-refractivity contribution in [2.24, 2.45) is 7.05 Å². The molecule has 2 heterocycles. The number of hydrogen-bond donors (Lipinski definition) is 0. The Bertz CT molecular complexity index is 886. The normalized spacial score (nSPS) is 10.8. The van der Waals surface area contributed by atoms with Gasteiger partial charge in [0.15, 0.2) is 5.65 Å². The first-order valence-corrected chi connectivity index (χ1v) is 7.71. The van der Waals surface area contributed by atoms with Crippen LogP contribution < -0.4 is 4.74 Å². The molecule has 3 rings (SSSR count). The largest absolute Gasteiger partial charge is 0.490 e. The van der Waals surface area contributed by atoms with Crippen LogP contribution in [-0.2, 0) is 11.8 Å². The minimum absolute atomic E-state index is 0.178. The number of carbonyl (C=O) groups is 1. The molecule has 0 spiro atoms. The predicted molar refractivity (Wildman–Crippen MR) is 90.2 cm³/mol. The highest BCUT2D eigenvalue weighted by molar-refractivity contribution is 5.93. The number of hydrogen-bond acceptors (Lipinski definition) is 5. The van der Waals surface area contributed by atoms with Crippen LogP contribution >= 0.6 is 0 Å². The van der Waals surface area contributed by atoms with Crippen molar-refractivity contribution in [2.75, 3.05) is 13.2 Å². The molecule has 1 aromatic carbocycles. The van der Waals surface area contributed by atoms with E-state index >= 15 is 0 Å². The second kappa shape index (κ2) is 6.70. The van der Waals surface area contributed by atoms with Crippen molar-refractivity contribution in [3.05, 3.63) is 53.3 Å². The zero-order valence-electron chi connectivity index (χ0n) is 13.9. The quantitative estimate of drug-likeness (QED) is 0.533. The highest BCUT2D eigenvalue weighted by Gasteiger charge is 2.12. The first-order chi connectivity index (χ1) is 11.6. The van der Waals surface area contributed by atoms with Crippen LogP contribution in [0.3, 0.4) is 0 Å². The summed E-state index contributed by atoms with van der Waals surface area (Å²) < 4.78 is 12.6. The molecule has 0 fully saturated rings. The van der Waals surface area contributed by atoms with Crippen molar-refractivity contribution < 1.29 is 14.3 Å². The predicted octanol–water partition coefficient (Wildman–Crippen LogP) is 2.82. The summed E-state index contributed by atoms with van der Waals surface area (Å²) in [6.45, 7) is 4.34. The number of benzene rings is 1. The van der Waals surface area contributed by atoms with Crippen LogP contribution in [0.15, 0.2) is 36.5 Å². The zero-order valence-corrected chi connectivity index (χ0v) is 13.9. The van der Waals surface area contributed by atoms with Crippen LogP contribution in [0.1, 0.15) is 21.6 Å². The van der Waals surface area contributed by atoms with E-state index in [0.29, 0.717) is 12.2 Å². The maximum Gasteiger partial charge on any atom is 0.339 e. The SMILES string of the molecule is Cc1ccccc1OCCOC(=O)c1cnc2c(c1)c(C)nn2C. The molecule has 0 saturated carbocycles. The molecule has 24 heavy (non-hydrogen) atoms. The number of pyridine rings is 1. The van der Waals surface area contributed by atoms with Crippen molar-refractivity contribution in [1.82, 2.24) is 14.8 Å². The molecular formula is C18H19N3O3. The molecule has 0 atom stereocenters. The Labute approximate surface area is 140 Å². The van der Waals surface area contributed by atoms with E-state index in [1.165, 1.54) is 6.20 Å². The van der Waals surface area contributed by atoms with E-state index in [4.69, 9.17) is 9.47 Å². The van der Waals surface area contributed by atoms with Gasteiger partial charge in [-0.25, -0.2) is 9.78 Å². The number of nitrogens with zero attached hydrogens (tertiary/aromatic N) is 3. The van der Waals surface area contributed by atoms with Gasteiger partial charge in [0.1, 0.15) is 19.0 Å². The van der Waals surface area contributed by atoms with Crippen LogP contribution in [0.2, 0.25) is 0 Å². The maximum atomic E-state index is 12.1. The van der Waals surface area contributed by atoms with E-state index in [2.05, 4.69) is 10.1 Å². The molecular weight excluding hydrogens is 306 g/mol. The molecule has 3 aromatic rings. The average molecular weight is 325 g/mol. The van der Waals surface area contributed by atoms with E-state index < -0.39 is 5.97 Å². The highest BCUT2D eigenvalue weighted by atomic mass is 16.6. The van der Waals surface area contributed by atoms with Crippen molar-refractivity contribution in [3.63, 3.8) is 0 Å². The van der Waals surface area contributed by atoms with Gasteiger partial charge in [0.2, 0.25) is 0 Å². The fourth-order valence-corrected chi connectivity index (χ4v) is 2.51. The maximum absolute atomic E-state index is 12.1. The van der Waals surface area contributed by atoms with Crippen LogP contribution in [0, 0.1) is 13.8 Å². The molecule has 0 saturated heterocycles. The van der Waals surface area contributed by atoms with Crippen LogP contribution in [0.25, 0.3) is 11.0 Å². The van der Waals surface area contributed by atoms with Gasteiger partial charge in [-0.15, -0.1) is 0 Å². The Hall–Kier alpha value is -2.89. The first kappa shape index (κ1) is 16.0. The van der Waals surface area contributed by atoms with Gasteiger partial charge >= 0.3 is 5.97 Å². The molecule has 0 N–H and O–H groups in total. The van der Waals surface area contributed by atoms with E-state index in [1.54, 1.807) is 10.7 Å². The van der Waals surface area contributed by atoms with E-state index in [9.17, 15) is 4.79 Å². The molecule has 124 valence electrons. The van der Waals surface area contributed by atoms with Crippen molar-refractivity contribution >= 4 is 17.0 Å². The highest BCUT2D eigenvalue weighted by Crippen LogP contribution is 2.17. The number of carbonyl (C=O) groups excluding carboxylic acids is 1. The van der Waals surface area contributed by atoms with E-state index in [-0.39, 0.29) is 6.61 Å². The Morgan fingerprint density at radius 1 is 1.21 bits per heavy atom. The summed E-state index contributed by atoms with van der Waals surface area (Å²) in [7, 11) is 1.82. The fourth-order valence-electron chi connectivity index (χ4n) is 2.51. The molecule has 0 aliphatic heterocycles. The summed E-state index contributed by atoms with van der Waals surface area (Å²) in [6.07, 6.45) is 1.51. The van der Waals surface area contributed by atoms with Crippen molar-refractivity contribution in [1.29, 1.82) is 0 Å². The number of fused-ring (bicyclic) bond motifs is 1. The molecule has 0 aliphatic carbocycles. The van der Waals surface area contributed by atoms with Crippen molar-refractivity contribution in [2.45, 2.75) is 13.8 Å². The zero-order chi connectivity index (χ0) is 17.1. The number of para-hydroxylation sites is 1. The van der Waals surface area contributed by atoms with Gasteiger partial charge in [-0.1, -0.05) is 18.2 Å². The summed E-state index contributed by atoms with van der Waals surface area (Å²) in [4.78, 5) is 16.4. The molecule has 0 bridgehead atoms. The average Bonchev–Trinajstić information content (AvgIpc) is 2.87. The van der Waals surface area contributed by atoms with E-state index in [1.807, 2.05) is 45.2 Å². The Morgan fingerprint density at radius 2 is 2.00 bits per heavy atom. The lowest BCUT2D eigenvalue weighted by Gasteiger charge is -2.09. The van der Waals surface area contributed by atoms with Gasteiger partial charge in [0.25, 0.3) is 0 Å². The van der Waals surface area contributed by atoms with E-state index in [0.717, 1.165) is 28.0 Å². The molecule has 6 heteroatoms. The van der Waals surface area contributed by atoms with Crippen molar-refractivity contribution in [3.8, 4) is 5.75 Å².